The number of nitrogens with one attached hydrogen (secondary N) is 1. The number of anilines is 1. The summed E-state index contributed by atoms with van der Waals surface area (Å²) in [6, 6.07) is 7.60. The number of nitrogens with zero attached hydrogens (tertiary/aromatic N) is 1. The average Bonchev–Trinajstić information content (AvgIpc) is 3.36. The molecule has 0 unspecified atom stereocenters. The van der Waals surface area contributed by atoms with Crippen LogP contribution in [0.25, 0.3) is 0 Å². The third kappa shape index (κ3) is 3.63. The zero-order valence-corrected chi connectivity index (χ0v) is 16.2. The van der Waals surface area contributed by atoms with Crippen molar-refractivity contribution in [2.75, 3.05) is 5.32 Å². The molecule has 0 radical (unpaired) electrons. The van der Waals surface area contributed by atoms with Crippen LogP contribution in [0.15, 0.2) is 24.3 Å². The lowest BCUT2D eigenvalue weighted by Gasteiger charge is -2.15. The van der Waals surface area contributed by atoms with Crippen molar-refractivity contribution in [2.45, 2.75) is 52.7 Å². The Bertz CT molecular complexity index is 868. The van der Waals surface area contributed by atoms with E-state index in [0.717, 1.165) is 29.8 Å². The van der Waals surface area contributed by atoms with Gasteiger partial charge in [0.05, 0.1) is 5.56 Å². The van der Waals surface area contributed by atoms with Gasteiger partial charge in [0.1, 0.15) is 0 Å². The number of hydrogen-bond donors (Lipinski definition) is 1. The molecule has 1 aliphatic rings. The number of carbonyl (C=O) groups is 2. The summed E-state index contributed by atoms with van der Waals surface area (Å²) in [5.74, 6) is -0.866. The Morgan fingerprint density at radius 1 is 1.27 bits per heavy atom. The number of hydrogen-bond acceptors (Lipinski definition) is 3. The topological polar surface area (TPSA) is 60.3 Å². The van der Waals surface area contributed by atoms with Gasteiger partial charge in [-0.3, -0.25) is 4.79 Å². The quantitative estimate of drug-likeness (QED) is 0.779. The average molecular weight is 375 g/mol. The Morgan fingerprint density at radius 3 is 2.62 bits per heavy atom. The van der Waals surface area contributed by atoms with Gasteiger partial charge in [0.2, 0.25) is 0 Å². The molecule has 2 aromatic rings. The molecule has 5 nitrogen and oxygen atoms in total. The third-order valence-electron chi connectivity index (χ3n) is 4.79. The van der Waals surface area contributed by atoms with E-state index in [1.54, 1.807) is 25.1 Å². The van der Waals surface area contributed by atoms with Gasteiger partial charge in [-0.1, -0.05) is 17.7 Å². The van der Waals surface area contributed by atoms with Gasteiger partial charge in [0.25, 0.3) is 5.91 Å². The SMILES string of the molecule is Cc1c(Cl)cccc1NC(=O)[C@H](C)OC(=O)c1cc(C)n(C2CC2)c1C. The van der Waals surface area contributed by atoms with Crippen LogP contribution in [-0.2, 0) is 9.53 Å². The van der Waals surface area contributed by atoms with E-state index in [9.17, 15) is 9.59 Å². The highest BCUT2D eigenvalue weighted by atomic mass is 35.5. The molecule has 1 aromatic carbocycles. The molecule has 3 rings (SSSR count). The molecule has 1 atom stereocenters. The van der Waals surface area contributed by atoms with Crippen molar-refractivity contribution in [3.8, 4) is 0 Å². The fraction of sp³-hybridized carbons (Fsp3) is 0.400. The minimum Gasteiger partial charge on any atom is -0.449 e. The minimum absolute atomic E-state index is 0.389. The molecule has 138 valence electrons. The van der Waals surface area contributed by atoms with E-state index in [0.29, 0.717) is 22.3 Å². The molecule has 1 aromatic heterocycles. The van der Waals surface area contributed by atoms with Crippen LogP contribution in [0.5, 0.6) is 0 Å². The Hall–Kier alpha value is -2.27. The van der Waals surface area contributed by atoms with Crippen LogP contribution in [0, 0.1) is 20.8 Å². The lowest BCUT2D eigenvalue weighted by Crippen LogP contribution is -2.30. The number of benzene rings is 1. The summed E-state index contributed by atoms with van der Waals surface area (Å²) in [4.78, 5) is 24.9. The fourth-order valence-electron chi connectivity index (χ4n) is 3.13. The number of halogens is 1. The lowest BCUT2D eigenvalue weighted by atomic mass is 10.2. The van der Waals surface area contributed by atoms with Crippen molar-refractivity contribution < 1.29 is 14.3 Å². The van der Waals surface area contributed by atoms with Gasteiger partial charge < -0.3 is 14.6 Å². The molecule has 0 aliphatic heterocycles. The Morgan fingerprint density at radius 2 is 1.96 bits per heavy atom. The summed E-state index contributed by atoms with van der Waals surface area (Å²) in [6.45, 7) is 7.29. The Kier molecular flexibility index (Phi) is 5.10. The second-order valence-corrected chi connectivity index (χ2v) is 7.24. The van der Waals surface area contributed by atoms with E-state index in [2.05, 4.69) is 9.88 Å². The summed E-state index contributed by atoms with van der Waals surface area (Å²) in [7, 11) is 0. The van der Waals surface area contributed by atoms with Gasteiger partial charge in [-0.25, -0.2) is 4.79 Å². The number of ether oxygens (including phenoxy) is 1. The first-order valence-corrected chi connectivity index (χ1v) is 9.12. The second kappa shape index (κ2) is 7.16. The highest BCUT2D eigenvalue weighted by molar-refractivity contribution is 6.31. The number of carbonyl (C=O) groups excluding carboxylic acids is 2. The predicted octanol–water partition coefficient (Wildman–Crippen LogP) is 4.59. The highest BCUT2D eigenvalue weighted by Gasteiger charge is 2.29. The Labute approximate surface area is 158 Å². The smallest absolute Gasteiger partial charge is 0.340 e. The molecule has 1 saturated carbocycles. The monoisotopic (exact) mass is 374 g/mol. The number of esters is 1. The molecule has 26 heavy (non-hydrogen) atoms. The summed E-state index contributed by atoms with van der Waals surface area (Å²) in [5, 5.41) is 3.33. The van der Waals surface area contributed by atoms with E-state index in [1.807, 2.05) is 26.8 Å². The van der Waals surface area contributed by atoms with Crippen LogP contribution in [0.4, 0.5) is 5.69 Å². The fourth-order valence-corrected chi connectivity index (χ4v) is 3.31. The number of aryl methyl sites for hydroxylation is 1. The van der Waals surface area contributed by atoms with E-state index < -0.39 is 12.1 Å². The first-order chi connectivity index (χ1) is 12.3. The standard InChI is InChI=1S/C20H23ClN2O3/c1-11-10-16(13(3)23(11)15-8-9-15)20(25)26-14(4)19(24)22-18-7-5-6-17(21)12(18)2/h5-7,10,14-15H,8-9H2,1-4H3,(H,22,24)/t14-/m0/s1. The van der Waals surface area contributed by atoms with Gasteiger partial charge in [-0.2, -0.15) is 0 Å². The van der Waals surface area contributed by atoms with Crippen molar-refractivity contribution in [3.63, 3.8) is 0 Å². The molecule has 0 spiro atoms. The van der Waals surface area contributed by atoms with E-state index in [4.69, 9.17) is 16.3 Å². The molecule has 1 aliphatic carbocycles. The maximum atomic E-state index is 12.5. The zero-order valence-electron chi connectivity index (χ0n) is 15.4. The molecular formula is C20H23ClN2O3. The summed E-state index contributed by atoms with van der Waals surface area (Å²) in [5.41, 5.74) is 3.84. The van der Waals surface area contributed by atoms with Crippen molar-refractivity contribution in [1.82, 2.24) is 4.57 Å². The largest absolute Gasteiger partial charge is 0.449 e. The number of rotatable bonds is 5. The highest BCUT2D eigenvalue weighted by Crippen LogP contribution is 2.38. The van der Waals surface area contributed by atoms with Gasteiger partial charge in [-0.15, -0.1) is 0 Å². The molecule has 0 saturated heterocycles. The van der Waals surface area contributed by atoms with Gasteiger partial charge >= 0.3 is 5.97 Å². The molecule has 1 fully saturated rings. The Balaban J connectivity index is 1.68. The van der Waals surface area contributed by atoms with Crippen LogP contribution in [0.2, 0.25) is 5.02 Å². The summed E-state index contributed by atoms with van der Waals surface area (Å²) < 4.78 is 7.57. The number of amides is 1. The van der Waals surface area contributed by atoms with Crippen LogP contribution in [0.3, 0.4) is 0 Å². The lowest BCUT2D eigenvalue weighted by molar-refractivity contribution is -0.123. The maximum Gasteiger partial charge on any atom is 0.340 e. The van der Waals surface area contributed by atoms with Crippen LogP contribution < -0.4 is 5.32 Å². The maximum absolute atomic E-state index is 12.5. The van der Waals surface area contributed by atoms with Crippen LogP contribution in [0.1, 0.15) is 53.1 Å². The summed E-state index contributed by atoms with van der Waals surface area (Å²) in [6.07, 6.45) is 1.37. The van der Waals surface area contributed by atoms with Gasteiger partial charge in [0.15, 0.2) is 6.10 Å². The van der Waals surface area contributed by atoms with Crippen molar-refractivity contribution in [1.29, 1.82) is 0 Å². The molecule has 1 N–H and O–H groups in total. The van der Waals surface area contributed by atoms with Crippen LogP contribution >= 0.6 is 11.6 Å². The first-order valence-electron chi connectivity index (χ1n) is 8.75. The van der Waals surface area contributed by atoms with E-state index in [1.165, 1.54) is 0 Å². The molecule has 1 heterocycles. The van der Waals surface area contributed by atoms with Gasteiger partial charge in [0, 0.05) is 28.1 Å². The molecule has 0 bridgehead atoms. The number of aromatic nitrogens is 1. The normalized spacial score (nSPS) is 14.8. The molecular weight excluding hydrogens is 352 g/mol. The van der Waals surface area contributed by atoms with Crippen LogP contribution in [-0.4, -0.2) is 22.5 Å². The van der Waals surface area contributed by atoms with Crippen molar-refractivity contribution in [3.05, 3.63) is 51.8 Å². The zero-order chi connectivity index (χ0) is 19.0. The minimum atomic E-state index is -0.912. The summed E-state index contributed by atoms with van der Waals surface area (Å²) >= 11 is 6.07. The van der Waals surface area contributed by atoms with Gasteiger partial charge in [-0.05, 0) is 64.3 Å². The second-order valence-electron chi connectivity index (χ2n) is 6.84. The third-order valence-corrected chi connectivity index (χ3v) is 5.20. The first kappa shape index (κ1) is 18.5. The predicted molar refractivity (Wildman–Crippen MR) is 102 cm³/mol. The molecule has 6 heteroatoms. The van der Waals surface area contributed by atoms with E-state index in [-0.39, 0.29) is 5.91 Å². The molecule has 1 amide bonds. The van der Waals surface area contributed by atoms with Crippen molar-refractivity contribution >= 4 is 29.2 Å². The van der Waals surface area contributed by atoms with Crippen molar-refractivity contribution in [2.24, 2.45) is 0 Å². The van der Waals surface area contributed by atoms with E-state index >= 15 is 0 Å².